The van der Waals surface area contributed by atoms with Gasteiger partial charge in [0.25, 0.3) is 5.56 Å². The molecule has 0 bridgehead atoms. The average molecular weight is 269 g/mol. The van der Waals surface area contributed by atoms with E-state index in [0.29, 0.717) is 25.3 Å². The van der Waals surface area contributed by atoms with Gasteiger partial charge in [-0.3, -0.25) is 4.79 Å². The molecule has 20 heavy (non-hydrogen) atoms. The zero-order chi connectivity index (χ0) is 14.4. The zero-order valence-electron chi connectivity index (χ0n) is 11.2. The summed E-state index contributed by atoms with van der Waals surface area (Å²) in [5.74, 6) is 0.715. The maximum absolute atomic E-state index is 11.5. The molecule has 0 saturated carbocycles. The molecule has 0 unspecified atom stereocenters. The first-order valence-electron chi connectivity index (χ1n) is 6.32. The summed E-state index contributed by atoms with van der Waals surface area (Å²) in [5, 5.41) is 12.7. The molecule has 0 fully saturated rings. The fourth-order valence-corrected chi connectivity index (χ4v) is 1.76. The van der Waals surface area contributed by atoms with Gasteiger partial charge >= 0.3 is 0 Å². The predicted molar refractivity (Wildman–Crippen MR) is 74.5 cm³/mol. The second kappa shape index (κ2) is 6.53. The van der Waals surface area contributed by atoms with Crippen molar-refractivity contribution in [1.29, 1.82) is 5.26 Å². The topological polar surface area (TPSA) is 67.9 Å². The van der Waals surface area contributed by atoms with Gasteiger partial charge in [0.05, 0.1) is 24.7 Å². The molecule has 1 aromatic carbocycles. The van der Waals surface area contributed by atoms with Crippen molar-refractivity contribution in [3.05, 3.63) is 58.0 Å². The SMILES string of the molecule is Cc1ccc(=O)n(CCOc2ccc(CC#N)cc2)n1. The Balaban J connectivity index is 1.91. The van der Waals surface area contributed by atoms with Crippen molar-refractivity contribution in [1.82, 2.24) is 9.78 Å². The summed E-state index contributed by atoms with van der Waals surface area (Å²) in [7, 11) is 0. The van der Waals surface area contributed by atoms with Crippen LogP contribution in [0.25, 0.3) is 0 Å². The fourth-order valence-electron chi connectivity index (χ4n) is 1.76. The van der Waals surface area contributed by atoms with Crippen molar-refractivity contribution < 1.29 is 4.74 Å². The maximum Gasteiger partial charge on any atom is 0.266 e. The number of nitrogens with zero attached hydrogens (tertiary/aromatic N) is 3. The van der Waals surface area contributed by atoms with E-state index in [9.17, 15) is 4.79 Å². The molecule has 102 valence electrons. The molecule has 0 amide bonds. The largest absolute Gasteiger partial charge is 0.492 e. The number of rotatable bonds is 5. The summed E-state index contributed by atoms with van der Waals surface area (Å²) in [6, 6.07) is 12.6. The smallest absolute Gasteiger partial charge is 0.266 e. The lowest BCUT2D eigenvalue weighted by atomic mass is 10.2. The quantitative estimate of drug-likeness (QED) is 0.828. The van der Waals surface area contributed by atoms with Gasteiger partial charge in [-0.05, 0) is 30.7 Å². The van der Waals surface area contributed by atoms with Gasteiger partial charge in [0, 0.05) is 6.07 Å². The zero-order valence-corrected chi connectivity index (χ0v) is 11.2. The molecule has 0 atom stereocenters. The highest BCUT2D eigenvalue weighted by molar-refractivity contribution is 5.28. The second-order valence-corrected chi connectivity index (χ2v) is 4.36. The van der Waals surface area contributed by atoms with Crippen molar-refractivity contribution >= 4 is 0 Å². The minimum Gasteiger partial charge on any atom is -0.492 e. The predicted octanol–water partition coefficient (Wildman–Crippen LogP) is 1.70. The summed E-state index contributed by atoms with van der Waals surface area (Å²) in [6.45, 7) is 2.61. The Morgan fingerprint density at radius 1 is 1.25 bits per heavy atom. The first-order chi connectivity index (χ1) is 9.69. The van der Waals surface area contributed by atoms with Gasteiger partial charge in [0.15, 0.2) is 0 Å². The van der Waals surface area contributed by atoms with Crippen molar-refractivity contribution in [2.45, 2.75) is 19.9 Å². The van der Waals surface area contributed by atoms with E-state index in [2.05, 4.69) is 11.2 Å². The summed E-state index contributed by atoms with van der Waals surface area (Å²) in [6.07, 6.45) is 0.392. The minimum absolute atomic E-state index is 0.136. The fraction of sp³-hybridized carbons (Fsp3) is 0.267. The van der Waals surface area contributed by atoms with Crippen LogP contribution in [0.1, 0.15) is 11.3 Å². The first-order valence-corrected chi connectivity index (χ1v) is 6.32. The van der Waals surface area contributed by atoms with E-state index in [1.807, 2.05) is 31.2 Å². The third-order valence-corrected chi connectivity index (χ3v) is 2.78. The van der Waals surface area contributed by atoms with Crippen LogP contribution in [0.4, 0.5) is 0 Å². The molecule has 0 spiro atoms. The molecule has 2 aromatic rings. The van der Waals surface area contributed by atoms with Crippen LogP contribution < -0.4 is 10.3 Å². The normalized spacial score (nSPS) is 10.0. The van der Waals surface area contributed by atoms with Gasteiger partial charge in [-0.25, -0.2) is 4.68 Å². The molecule has 1 heterocycles. The molecule has 0 aliphatic rings. The van der Waals surface area contributed by atoms with Gasteiger partial charge in [0.1, 0.15) is 12.4 Å². The molecule has 0 radical (unpaired) electrons. The Morgan fingerprint density at radius 3 is 2.70 bits per heavy atom. The van der Waals surface area contributed by atoms with Gasteiger partial charge in [0.2, 0.25) is 0 Å². The number of nitriles is 1. The van der Waals surface area contributed by atoms with Crippen LogP contribution in [0, 0.1) is 18.3 Å². The Kier molecular flexibility index (Phi) is 4.51. The van der Waals surface area contributed by atoms with E-state index >= 15 is 0 Å². The summed E-state index contributed by atoms with van der Waals surface area (Å²) in [4.78, 5) is 11.5. The number of ether oxygens (including phenoxy) is 1. The summed E-state index contributed by atoms with van der Waals surface area (Å²) < 4.78 is 6.94. The third kappa shape index (κ3) is 3.69. The Bertz CT molecular complexity index is 669. The number of hydrogen-bond acceptors (Lipinski definition) is 4. The molecule has 0 N–H and O–H groups in total. The van der Waals surface area contributed by atoms with Crippen LogP contribution in [0.3, 0.4) is 0 Å². The van der Waals surface area contributed by atoms with Crippen LogP contribution in [0.2, 0.25) is 0 Å². The van der Waals surface area contributed by atoms with Gasteiger partial charge < -0.3 is 4.74 Å². The lowest BCUT2D eigenvalue weighted by molar-refractivity contribution is 0.287. The lowest BCUT2D eigenvalue weighted by Gasteiger charge is -2.08. The molecule has 0 saturated heterocycles. The van der Waals surface area contributed by atoms with E-state index in [0.717, 1.165) is 11.3 Å². The summed E-state index contributed by atoms with van der Waals surface area (Å²) in [5.41, 5.74) is 1.62. The standard InChI is InChI=1S/C15H15N3O2/c1-12-2-7-15(19)18(17-12)10-11-20-14-5-3-13(4-6-14)8-9-16/h2-7H,8,10-11H2,1H3. The van der Waals surface area contributed by atoms with E-state index in [-0.39, 0.29) is 5.56 Å². The van der Waals surface area contributed by atoms with Crippen LogP contribution in [0.5, 0.6) is 5.75 Å². The average Bonchev–Trinajstić information content (AvgIpc) is 2.45. The molecule has 1 aromatic heterocycles. The highest BCUT2D eigenvalue weighted by atomic mass is 16.5. The molecule has 2 rings (SSSR count). The molecule has 0 aliphatic carbocycles. The van der Waals surface area contributed by atoms with E-state index < -0.39 is 0 Å². The molecule has 0 aliphatic heterocycles. The van der Waals surface area contributed by atoms with Gasteiger partial charge in [-0.15, -0.1) is 0 Å². The maximum atomic E-state index is 11.5. The number of aryl methyl sites for hydroxylation is 1. The van der Waals surface area contributed by atoms with Crippen molar-refractivity contribution in [3.63, 3.8) is 0 Å². The highest BCUT2D eigenvalue weighted by Gasteiger charge is 1.99. The number of benzene rings is 1. The van der Waals surface area contributed by atoms with Crippen LogP contribution in [0.15, 0.2) is 41.2 Å². The van der Waals surface area contributed by atoms with E-state index in [4.69, 9.17) is 10.00 Å². The van der Waals surface area contributed by atoms with Gasteiger partial charge in [-0.1, -0.05) is 12.1 Å². The Hall–Kier alpha value is -2.61. The van der Waals surface area contributed by atoms with E-state index in [1.165, 1.54) is 10.7 Å². The Labute approximate surface area is 117 Å². The van der Waals surface area contributed by atoms with Crippen molar-refractivity contribution in [2.24, 2.45) is 0 Å². The minimum atomic E-state index is -0.136. The van der Waals surface area contributed by atoms with Gasteiger partial charge in [-0.2, -0.15) is 10.4 Å². The van der Waals surface area contributed by atoms with Crippen LogP contribution >= 0.6 is 0 Å². The van der Waals surface area contributed by atoms with E-state index in [1.54, 1.807) is 6.07 Å². The van der Waals surface area contributed by atoms with Crippen molar-refractivity contribution in [2.75, 3.05) is 6.61 Å². The van der Waals surface area contributed by atoms with Crippen LogP contribution in [-0.4, -0.2) is 16.4 Å². The monoisotopic (exact) mass is 269 g/mol. The number of aromatic nitrogens is 2. The molecular weight excluding hydrogens is 254 g/mol. The molecular formula is C15H15N3O2. The first kappa shape index (κ1) is 13.8. The summed E-state index contributed by atoms with van der Waals surface area (Å²) >= 11 is 0. The number of hydrogen-bond donors (Lipinski definition) is 0. The molecule has 5 nitrogen and oxygen atoms in total. The highest BCUT2D eigenvalue weighted by Crippen LogP contribution is 2.12. The molecule has 5 heteroatoms. The third-order valence-electron chi connectivity index (χ3n) is 2.78. The Morgan fingerprint density at radius 2 is 2.00 bits per heavy atom. The van der Waals surface area contributed by atoms with Crippen molar-refractivity contribution in [3.8, 4) is 11.8 Å². The lowest BCUT2D eigenvalue weighted by Crippen LogP contribution is -2.25. The van der Waals surface area contributed by atoms with Crippen LogP contribution in [-0.2, 0) is 13.0 Å². The second-order valence-electron chi connectivity index (χ2n) is 4.36.